The Kier molecular flexibility index (Phi) is 3.21. The van der Waals surface area contributed by atoms with Crippen molar-refractivity contribution in [1.82, 2.24) is 0 Å². The monoisotopic (exact) mass is 265 g/mol. The van der Waals surface area contributed by atoms with Crippen molar-refractivity contribution in [2.75, 3.05) is 0 Å². The van der Waals surface area contributed by atoms with Gasteiger partial charge in [-0.1, -0.05) is 30.3 Å². The SMILES string of the molecule is O=Cc1ccc(C=Nc2ccc3ccccc3c2)s1. The molecule has 0 amide bonds. The summed E-state index contributed by atoms with van der Waals surface area (Å²) in [5, 5.41) is 2.39. The molecule has 92 valence electrons. The second-order valence-corrected chi connectivity index (χ2v) is 5.29. The van der Waals surface area contributed by atoms with Gasteiger partial charge >= 0.3 is 0 Å². The van der Waals surface area contributed by atoms with E-state index in [2.05, 4.69) is 29.3 Å². The highest BCUT2D eigenvalue weighted by Crippen LogP contribution is 2.21. The fourth-order valence-corrected chi connectivity index (χ4v) is 2.59. The lowest BCUT2D eigenvalue weighted by Crippen LogP contribution is -1.74. The van der Waals surface area contributed by atoms with E-state index < -0.39 is 0 Å². The molecule has 3 aromatic rings. The summed E-state index contributed by atoms with van der Waals surface area (Å²) < 4.78 is 0. The summed E-state index contributed by atoms with van der Waals surface area (Å²) in [5.41, 5.74) is 0.916. The maximum Gasteiger partial charge on any atom is 0.160 e. The number of hydrogen-bond donors (Lipinski definition) is 0. The maximum absolute atomic E-state index is 10.6. The summed E-state index contributed by atoms with van der Waals surface area (Å²) in [4.78, 5) is 16.8. The van der Waals surface area contributed by atoms with Gasteiger partial charge in [-0.3, -0.25) is 9.79 Å². The molecule has 1 heterocycles. The highest BCUT2D eigenvalue weighted by Gasteiger charge is 1.97. The predicted molar refractivity (Wildman–Crippen MR) is 80.9 cm³/mol. The molecule has 3 rings (SSSR count). The van der Waals surface area contributed by atoms with E-state index in [1.54, 1.807) is 12.3 Å². The number of benzene rings is 2. The first-order chi connectivity index (χ1) is 9.35. The van der Waals surface area contributed by atoms with Crippen molar-refractivity contribution in [3.8, 4) is 0 Å². The Labute approximate surface area is 115 Å². The number of thiophene rings is 1. The topological polar surface area (TPSA) is 29.4 Å². The summed E-state index contributed by atoms with van der Waals surface area (Å²) in [5.74, 6) is 0. The molecule has 0 bridgehead atoms. The molecular formula is C16H11NOS. The van der Waals surface area contributed by atoms with E-state index in [0.717, 1.165) is 21.7 Å². The third-order valence-electron chi connectivity index (χ3n) is 2.84. The first-order valence-corrected chi connectivity index (χ1v) is 6.75. The van der Waals surface area contributed by atoms with Crippen molar-refractivity contribution < 1.29 is 4.79 Å². The van der Waals surface area contributed by atoms with Gasteiger partial charge in [0.2, 0.25) is 0 Å². The Balaban J connectivity index is 1.90. The molecule has 0 aliphatic rings. The second-order valence-electron chi connectivity index (χ2n) is 4.15. The molecule has 0 N–H and O–H groups in total. The Morgan fingerprint density at radius 2 is 1.68 bits per heavy atom. The van der Waals surface area contributed by atoms with Gasteiger partial charge in [0.1, 0.15) is 0 Å². The zero-order valence-electron chi connectivity index (χ0n) is 10.1. The van der Waals surface area contributed by atoms with Crippen molar-refractivity contribution in [2.24, 2.45) is 4.99 Å². The molecule has 0 radical (unpaired) electrons. The molecule has 0 spiro atoms. The minimum absolute atomic E-state index is 0.722. The van der Waals surface area contributed by atoms with Crippen LogP contribution in [0.1, 0.15) is 14.5 Å². The largest absolute Gasteiger partial charge is 0.297 e. The van der Waals surface area contributed by atoms with Crippen LogP contribution in [0.15, 0.2) is 59.6 Å². The summed E-state index contributed by atoms with van der Waals surface area (Å²) in [7, 11) is 0. The van der Waals surface area contributed by atoms with E-state index >= 15 is 0 Å². The molecular weight excluding hydrogens is 254 g/mol. The Morgan fingerprint density at radius 3 is 2.47 bits per heavy atom. The zero-order chi connectivity index (χ0) is 13.1. The molecule has 0 unspecified atom stereocenters. The Morgan fingerprint density at radius 1 is 0.895 bits per heavy atom. The van der Waals surface area contributed by atoms with Crippen molar-refractivity contribution in [2.45, 2.75) is 0 Å². The van der Waals surface area contributed by atoms with Crippen LogP contribution in [0.25, 0.3) is 10.8 Å². The average Bonchev–Trinajstić information content (AvgIpc) is 2.93. The highest BCUT2D eigenvalue weighted by molar-refractivity contribution is 7.15. The van der Waals surface area contributed by atoms with E-state index in [0.29, 0.717) is 0 Å². The smallest absolute Gasteiger partial charge is 0.160 e. The predicted octanol–water partition coefficient (Wildman–Crippen LogP) is 4.46. The van der Waals surface area contributed by atoms with Crippen LogP contribution in [0.3, 0.4) is 0 Å². The minimum atomic E-state index is 0.722. The molecule has 0 aliphatic carbocycles. The minimum Gasteiger partial charge on any atom is -0.297 e. The summed E-state index contributed by atoms with van der Waals surface area (Å²) in [6.45, 7) is 0. The molecule has 2 nitrogen and oxygen atoms in total. The first-order valence-electron chi connectivity index (χ1n) is 5.93. The van der Waals surface area contributed by atoms with Crippen LogP contribution in [0, 0.1) is 0 Å². The van der Waals surface area contributed by atoms with Crippen LogP contribution in [0.4, 0.5) is 5.69 Å². The first kappa shape index (κ1) is 11.8. The Bertz CT molecular complexity index is 758. The molecule has 2 aromatic carbocycles. The van der Waals surface area contributed by atoms with Crippen molar-refractivity contribution in [3.63, 3.8) is 0 Å². The number of hydrogen-bond acceptors (Lipinski definition) is 3. The molecule has 1 aromatic heterocycles. The molecule has 19 heavy (non-hydrogen) atoms. The van der Waals surface area contributed by atoms with E-state index in [4.69, 9.17) is 0 Å². The number of rotatable bonds is 3. The lowest BCUT2D eigenvalue weighted by Gasteiger charge is -1.98. The van der Waals surface area contributed by atoms with Crippen LogP contribution in [-0.2, 0) is 0 Å². The van der Waals surface area contributed by atoms with Crippen LogP contribution >= 0.6 is 11.3 Å². The molecule has 3 heteroatoms. The van der Waals surface area contributed by atoms with E-state index in [9.17, 15) is 4.79 Å². The van der Waals surface area contributed by atoms with E-state index in [1.165, 1.54) is 22.1 Å². The van der Waals surface area contributed by atoms with Gasteiger partial charge in [0.25, 0.3) is 0 Å². The quantitative estimate of drug-likeness (QED) is 0.507. The summed E-state index contributed by atoms with van der Waals surface area (Å²) in [6, 6.07) is 18.0. The number of carbonyl (C=O) groups excluding carboxylic acids is 1. The molecule has 0 atom stereocenters. The maximum atomic E-state index is 10.6. The molecule has 0 saturated heterocycles. The van der Waals surface area contributed by atoms with Gasteiger partial charge in [-0.15, -0.1) is 11.3 Å². The fraction of sp³-hybridized carbons (Fsp3) is 0. The van der Waals surface area contributed by atoms with Gasteiger partial charge in [-0.25, -0.2) is 0 Å². The molecule has 0 fully saturated rings. The number of nitrogens with zero attached hydrogens (tertiary/aromatic N) is 1. The van der Waals surface area contributed by atoms with E-state index in [-0.39, 0.29) is 0 Å². The second kappa shape index (κ2) is 5.16. The lowest BCUT2D eigenvalue weighted by atomic mass is 10.1. The van der Waals surface area contributed by atoms with Gasteiger partial charge in [0, 0.05) is 11.1 Å². The van der Waals surface area contributed by atoms with Crippen LogP contribution in [-0.4, -0.2) is 12.5 Å². The van der Waals surface area contributed by atoms with Crippen molar-refractivity contribution >= 4 is 40.3 Å². The van der Waals surface area contributed by atoms with Crippen LogP contribution in [0.2, 0.25) is 0 Å². The van der Waals surface area contributed by atoms with Gasteiger partial charge in [0.05, 0.1) is 10.6 Å². The van der Waals surface area contributed by atoms with Crippen molar-refractivity contribution in [1.29, 1.82) is 0 Å². The van der Waals surface area contributed by atoms with Gasteiger partial charge in [-0.2, -0.15) is 0 Å². The van der Waals surface area contributed by atoms with Gasteiger partial charge in [0.15, 0.2) is 6.29 Å². The molecule has 0 aliphatic heterocycles. The van der Waals surface area contributed by atoms with Crippen LogP contribution in [0.5, 0.6) is 0 Å². The summed E-state index contributed by atoms with van der Waals surface area (Å²) in [6.07, 6.45) is 2.65. The number of aldehydes is 1. The van der Waals surface area contributed by atoms with Crippen LogP contribution < -0.4 is 0 Å². The Hall–Kier alpha value is -2.26. The lowest BCUT2D eigenvalue weighted by molar-refractivity contribution is 0.112. The van der Waals surface area contributed by atoms with Crippen molar-refractivity contribution in [3.05, 3.63) is 64.4 Å². The fourth-order valence-electron chi connectivity index (χ4n) is 1.90. The number of carbonyl (C=O) groups is 1. The van der Waals surface area contributed by atoms with Gasteiger partial charge < -0.3 is 0 Å². The van der Waals surface area contributed by atoms with E-state index in [1.807, 2.05) is 24.3 Å². The number of aliphatic imine (C=N–C) groups is 1. The van der Waals surface area contributed by atoms with Gasteiger partial charge in [-0.05, 0) is 35.0 Å². The standard InChI is InChI=1S/C16H11NOS/c18-11-16-8-7-15(19-16)10-17-14-6-5-12-3-1-2-4-13(12)9-14/h1-11H. The summed E-state index contributed by atoms with van der Waals surface area (Å²) >= 11 is 1.44. The zero-order valence-corrected chi connectivity index (χ0v) is 10.9. The average molecular weight is 265 g/mol. The highest BCUT2D eigenvalue weighted by atomic mass is 32.1. The normalized spacial score (nSPS) is 11.2. The third kappa shape index (κ3) is 2.61. The number of fused-ring (bicyclic) bond motifs is 1. The third-order valence-corrected chi connectivity index (χ3v) is 3.78. The molecule has 0 saturated carbocycles.